The number of ether oxygens (including phenoxy) is 1. The van der Waals surface area contributed by atoms with Crippen LogP contribution in [-0.4, -0.2) is 26.8 Å². The van der Waals surface area contributed by atoms with Gasteiger partial charge >= 0.3 is 0 Å². The number of nitrogens with one attached hydrogen (secondary N) is 3. The van der Waals surface area contributed by atoms with Crippen molar-refractivity contribution < 1.29 is 22.7 Å². The van der Waals surface area contributed by atoms with Gasteiger partial charge in [-0.25, -0.2) is 13.1 Å². The second kappa shape index (κ2) is 11.0. The molecule has 3 aromatic rings. The molecular weight excluding hydrogens is 466 g/mol. The first kappa shape index (κ1) is 24.2. The number of rotatable bonds is 9. The third kappa shape index (κ3) is 7.31. The largest absolute Gasteiger partial charge is 0.482 e. The second-order valence-corrected chi connectivity index (χ2v) is 9.18. The van der Waals surface area contributed by atoms with Crippen LogP contribution in [0.2, 0.25) is 5.02 Å². The Labute approximate surface area is 197 Å². The molecule has 3 N–H and O–H groups in total. The number of hydrogen-bond donors (Lipinski definition) is 3. The highest BCUT2D eigenvalue weighted by atomic mass is 35.5. The van der Waals surface area contributed by atoms with Crippen molar-refractivity contribution in [2.24, 2.45) is 0 Å². The number of sulfonamides is 1. The summed E-state index contributed by atoms with van der Waals surface area (Å²) in [6.07, 6.45) is 0. The Bertz CT molecular complexity index is 1250. The molecule has 0 saturated carbocycles. The third-order valence-electron chi connectivity index (χ3n) is 4.35. The summed E-state index contributed by atoms with van der Waals surface area (Å²) in [4.78, 5) is 23.3. The van der Waals surface area contributed by atoms with Crippen molar-refractivity contribution in [3.8, 4) is 5.75 Å². The number of hydrogen-bond acceptors (Lipinski definition) is 5. The lowest BCUT2D eigenvalue weighted by molar-refractivity contribution is -0.118. The number of carbonyl (C=O) groups excluding carboxylic acids is 2. The zero-order valence-electron chi connectivity index (χ0n) is 17.7. The highest BCUT2D eigenvalue weighted by Crippen LogP contribution is 2.27. The van der Waals surface area contributed by atoms with Crippen molar-refractivity contribution in [2.75, 3.05) is 17.2 Å². The van der Waals surface area contributed by atoms with Gasteiger partial charge in [-0.05, 0) is 42.0 Å². The van der Waals surface area contributed by atoms with Crippen LogP contribution >= 0.6 is 11.6 Å². The molecule has 3 rings (SSSR count). The Morgan fingerprint density at radius 3 is 2.27 bits per heavy atom. The van der Waals surface area contributed by atoms with Crippen LogP contribution in [-0.2, 0) is 26.2 Å². The Hall–Kier alpha value is -3.40. The van der Waals surface area contributed by atoms with Crippen molar-refractivity contribution in [3.05, 3.63) is 83.4 Å². The zero-order valence-corrected chi connectivity index (χ0v) is 19.2. The van der Waals surface area contributed by atoms with Gasteiger partial charge in [-0.1, -0.05) is 48.0 Å². The highest BCUT2D eigenvalue weighted by molar-refractivity contribution is 7.89. The molecule has 172 valence electrons. The summed E-state index contributed by atoms with van der Waals surface area (Å²) < 4.78 is 33.0. The summed E-state index contributed by atoms with van der Waals surface area (Å²) in [6.45, 7) is 1.18. The van der Waals surface area contributed by atoms with Crippen molar-refractivity contribution in [1.82, 2.24) is 4.72 Å². The standard InChI is InChI=1S/C23H22ClN3O5S/c1-16(28)26-18-8-5-9-19(12-18)27-23(29)15-32-22-11-10-20(13-21(22)24)33(30,31)25-14-17-6-3-2-4-7-17/h2-13,25H,14-15H2,1H3,(H,26,28)(H,27,29). The number of halogens is 1. The van der Waals surface area contributed by atoms with E-state index in [0.29, 0.717) is 11.4 Å². The third-order valence-corrected chi connectivity index (χ3v) is 6.04. The van der Waals surface area contributed by atoms with E-state index in [1.807, 2.05) is 30.3 Å². The van der Waals surface area contributed by atoms with Gasteiger partial charge in [-0.15, -0.1) is 0 Å². The fourth-order valence-corrected chi connectivity index (χ4v) is 4.18. The number of benzene rings is 3. The van der Waals surface area contributed by atoms with Crippen LogP contribution < -0.4 is 20.1 Å². The first-order chi connectivity index (χ1) is 15.7. The van der Waals surface area contributed by atoms with E-state index >= 15 is 0 Å². The summed E-state index contributed by atoms with van der Waals surface area (Å²) in [5.74, 6) is -0.509. The second-order valence-electron chi connectivity index (χ2n) is 7.00. The minimum atomic E-state index is -3.78. The summed E-state index contributed by atoms with van der Waals surface area (Å²) in [5, 5.41) is 5.33. The molecule has 0 aliphatic rings. The van der Waals surface area contributed by atoms with Crippen molar-refractivity contribution in [1.29, 1.82) is 0 Å². The molecule has 0 atom stereocenters. The van der Waals surface area contributed by atoms with E-state index in [9.17, 15) is 18.0 Å². The molecule has 0 fully saturated rings. The Kier molecular flexibility index (Phi) is 8.05. The molecule has 0 aliphatic carbocycles. The first-order valence-corrected chi connectivity index (χ1v) is 11.7. The number of carbonyl (C=O) groups is 2. The Morgan fingerprint density at radius 2 is 1.61 bits per heavy atom. The fraction of sp³-hybridized carbons (Fsp3) is 0.130. The van der Waals surface area contributed by atoms with Crippen LogP contribution in [0, 0.1) is 0 Å². The molecular formula is C23H22ClN3O5S. The van der Waals surface area contributed by atoms with Gasteiger partial charge in [0.25, 0.3) is 5.91 Å². The molecule has 0 heterocycles. The van der Waals surface area contributed by atoms with Crippen LogP contribution in [0.15, 0.2) is 77.7 Å². The Morgan fingerprint density at radius 1 is 0.909 bits per heavy atom. The summed E-state index contributed by atoms with van der Waals surface area (Å²) in [7, 11) is -3.78. The molecule has 0 unspecified atom stereocenters. The van der Waals surface area contributed by atoms with Gasteiger partial charge in [0, 0.05) is 24.8 Å². The van der Waals surface area contributed by atoms with E-state index in [4.69, 9.17) is 16.3 Å². The molecule has 0 saturated heterocycles. The predicted molar refractivity (Wildman–Crippen MR) is 127 cm³/mol. The highest BCUT2D eigenvalue weighted by Gasteiger charge is 2.16. The predicted octanol–water partition coefficient (Wildman–Crippen LogP) is 3.79. The lowest BCUT2D eigenvalue weighted by Crippen LogP contribution is -2.23. The molecule has 2 amide bonds. The van der Waals surface area contributed by atoms with E-state index in [-0.39, 0.29) is 34.7 Å². The normalized spacial score (nSPS) is 11.0. The number of amides is 2. The summed E-state index contributed by atoms with van der Waals surface area (Å²) in [6, 6.07) is 19.8. The lowest BCUT2D eigenvalue weighted by atomic mass is 10.2. The van der Waals surface area contributed by atoms with E-state index in [2.05, 4.69) is 15.4 Å². The van der Waals surface area contributed by atoms with Gasteiger partial charge in [0.1, 0.15) is 5.75 Å². The molecule has 0 spiro atoms. The molecule has 10 heteroatoms. The zero-order chi connectivity index (χ0) is 23.8. The maximum Gasteiger partial charge on any atom is 0.262 e. The minimum absolute atomic E-state index is 0.0185. The maximum absolute atomic E-state index is 12.5. The van der Waals surface area contributed by atoms with E-state index in [1.165, 1.54) is 25.1 Å². The quantitative estimate of drug-likeness (QED) is 0.425. The lowest BCUT2D eigenvalue weighted by Gasteiger charge is -2.12. The van der Waals surface area contributed by atoms with Crippen molar-refractivity contribution in [3.63, 3.8) is 0 Å². The van der Waals surface area contributed by atoms with Crippen molar-refractivity contribution >= 4 is 44.8 Å². The van der Waals surface area contributed by atoms with Crippen molar-refractivity contribution in [2.45, 2.75) is 18.4 Å². The SMILES string of the molecule is CC(=O)Nc1cccc(NC(=O)COc2ccc(S(=O)(=O)NCc3ccccc3)cc2Cl)c1. The molecule has 0 radical (unpaired) electrons. The average molecular weight is 488 g/mol. The van der Waals surface area contributed by atoms with Crippen LogP contribution in [0.25, 0.3) is 0 Å². The topological polar surface area (TPSA) is 114 Å². The fourth-order valence-electron chi connectivity index (χ4n) is 2.84. The molecule has 33 heavy (non-hydrogen) atoms. The first-order valence-electron chi connectivity index (χ1n) is 9.86. The monoisotopic (exact) mass is 487 g/mol. The van der Waals surface area contributed by atoms with Gasteiger partial charge in [0.05, 0.1) is 9.92 Å². The van der Waals surface area contributed by atoms with Crippen LogP contribution in [0.4, 0.5) is 11.4 Å². The van der Waals surface area contributed by atoms with Gasteiger partial charge in [0.15, 0.2) is 6.61 Å². The van der Waals surface area contributed by atoms with E-state index in [1.54, 1.807) is 24.3 Å². The average Bonchev–Trinajstić information content (AvgIpc) is 2.77. The molecule has 3 aromatic carbocycles. The molecule has 0 bridgehead atoms. The smallest absolute Gasteiger partial charge is 0.262 e. The van der Waals surface area contributed by atoms with Gasteiger partial charge in [0.2, 0.25) is 15.9 Å². The van der Waals surface area contributed by atoms with E-state index in [0.717, 1.165) is 5.56 Å². The van der Waals surface area contributed by atoms with Crippen LogP contribution in [0.5, 0.6) is 5.75 Å². The molecule has 8 nitrogen and oxygen atoms in total. The van der Waals surface area contributed by atoms with E-state index < -0.39 is 15.9 Å². The van der Waals surface area contributed by atoms with Gasteiger partial charge in [-0.2, -0.15) is 0 Å². The summed E-state index contributed by atoms with van der Waals surface area (Å²) in [5.41, 5.74) is 1.84. The minimum Gasteiger partial charge on any atom is -0.482 e. The maximum atomic E-state index is 12.5. The van der Waals surface area contributed by atoms with Gasteiger partial charge in [-0.3, -0.25) is 9.59 Å². The van der Waals surface area contributed by atoms with Crippen LogP contribution in [0.1, 0.15) is 12.5 Å². The molecule has 0 aliphatic heterocycles. The van der Waals surface area contributed by atoms with Gasteiger partial charge < -0.3 is 15.4 Å². The summed E-state index contributed by atoms with van der Waals surface area (Å²) >= 11 is 6.18. The number of anilines is 2. The Balaban J connectivity index is 1.57. The van der Waals surface area contributed by atoms with Crippen LogP contribution in [0.3, 0.4) is 0 Å². The molecule has 0 aromatic heterocycles.